The Bertz CT molecular complexity index is 3740. The minimum atomic E-state index is -0.547. The van der Waals surface area contributed by atoms with Gasteiger partial charge in [0.15, 0.2) is 11.6 Å². The first kappa shape index (κ1) is 23.2. The van der Waals surface area contributed by atoms with E-state index in [-0.39, 0.29) is 67.3 Å². The first-order valence-electron chi connectivity index (χ1n) is 23.1. The lowest BCUT2D eigenvalue weighted by molar-refractivity contribution is 0.953. The van der Waals surface area contributed by atoms with Crippen LogP contribution >= 0.6 is 0 Å². The molecule has 0 aliphatic carbocycles. The van der Waals surface area contributed by atoms with Crippen molar-refractivity contribution in [3.8, 4) is 56.7 Å². The average Bonchev–Trinajstić information content (AvgIpc) is 3.91. The molecule has 0 fully saturated rings. The summed E-state index contributed by atoms with van der Waals surface area (Å²) in [5.41, 5.74) is 5.66. The lowest BCUT2D eigenvalue weighted by Gasteiger charge is -2.14. The minimum absolute atomic E-state index is 0.00373. The monoisotopic (exact) mass is 725 g/mol. The normalized spacial score (nSPS) is 14.1. The SMILES string of the molecule is [2H]c1c([2H])c([2H])c2c(c1[2H])c1c([2H])c([2H])c3c4c([2H])c([2H])c([2H])c([2H])c4n(-c4nc(-c5ccccc5)nc(-c5ccccc5)n4)c3c1n2-c1cccc(-c2ccc(-c3ccccc3)cc2)c1. The zero-order chi connectivity index (χ0) is 45.7. The molecule has 0 bridgehead atoms. The maximum absolute atomic E-state index is 9.70. The molecule has 3 heterocycles. The van der Waals surface area contributed by atoms with Gasteiger partial charge in [0.2, 0.25) is 5.95 Å². The van der Waals surface area contributed by atoms with Gasteiger partial charge >= 0.3 is 0 Å². The number of hydrogen-bond acceptors (Lipinski definition) is 3. The van der Waals surface area contributed by atoms with Crippen molar-refractivity contribution in [3.63, 3.8) is 0 Å². The average molecular weight is 726 g/mol. The van der Waals surface area contributed by atoms with Crippen LogP contribution in [0.1, 0.15) is 13.7 Å². The Morgan fingerprint density at radius 3 is 1.38 bits per heavy atom. The van der Waals surface area contributed by atoms with Crippen molar-refractivity contribution >= 4 is 43.6 Å². The van der Waals surface area contributed by atoms with E-state index in [4.69, 9.17) is 20.4 Å². The molecule has 0 saturated heterocycles. The molecule has 262 valence electrons. The van der Waals surface area contributed by atoms with Crippen LogP contribution in [0.3, 0.4) is 0 Å². The predicted octanol–water partition coefficient (Wildman–Crippen LogP) is 12.7. The Labute approximate surface area is 337 Å². The third-order valence-electron chi connectivity index (χ3n) is 10.1. The fraction of sp³-hybridized carbons (Fsp3) is 0. The van der Waals surface area contributed by atoms with Crippen molar-refractivity contribution in [2.24, 2.45) is 0 Å². The molecule has 0 aliphatic heterocycles. The van der Waals surface area contributed by atoms with Crippen LogP contribution in [0.25, 0.3) is 100 Å². The zero-order valence-electron chi connectivity index (χ0n) is 39.5. The number of aromatic nitrogens is 5. The smallest absolute Gasteiger partial charge is 0.238 e. The Morgan fingerprint density at radius 1 is 0.357 bits per heavy atom. The lowest BCUT2D eigenvalue weighted by atomic mass is 10.00. The molecule has 11 rings (SSSR count). The summed E-state index contributed by atoms with van der Waals surface area (Å²) in [6.07, 6.45) is 0. The molecule has 8 aromatic carbocycles. The lowest BCUT2D eigenvalue weighted by Crippen LogP contribution is -2.07. The van der Waals surface area contributed by atoms with Crippen LogP contribution < -0.4 is 0 Å². The van der Waals surface area contributed by atoms with Crippen LogP contribution in [-0.2, 0) is 0 Å². The first-order valence-corrected chi connectivity index (χ1v) is 18.1. The van der Waals surface area contributed by atoms with Crippen molar-refractivity contribution in [1.82, 2.24) is 24.1 Å². The van der Waals surface area contributed by atoms with E-state index < -0.39 is 54.4 Å². The van der Waals surface area contributed by atoms with Crippen LogP contribution in [0.4, 0.5) is 0 Å². The topological polar surface area (TPSA) is 48.5 Å². The van der Waals surface area contributed by atoms with Crippen LogP contribution in [0.2, 0.25) is 0 Å². The Kier molecular flexibility index (Phi) is 5.41. The highest BCUT2D eigenvalue weighted by Crippen LogP contribution is 2.42. The number of fused-ring (bicyclic) bond motifs is 7. The molecular weight excluding hydrogens is 683 g/mol. The third-order valence-corrected chi connectivity index (χ3v) is 10.1. The highest BCUT2D eigenvalue weighted by molar-refractivity contribution is 6.23. The molecule has 0 unspecified atom stereocenters. The number of para-hydroxylation sites is 2. The van der Waals surface area contributed by atoms with Crippen molar-refractivity contribution in [2.75, 3.05) is 0 Å². The summed E-state index contributed by atoms with van der Waals surface area (Å²) in [6, 6.07) is 39.3. The largest absolute Gasteiger partial charge is 0.307 e. The number of nitrogens with zero attached hydrogens (tertiary/aromatic N) is 5. The van der Waals surface area contributed by atoms with Gasteiger partial charge in [0.05, 0.1) is 35.8 Å². The Balaban J connectivity index is 1.34. The second kappa shape index (κ2) is 13.0. The van der Waals surface area contributed by atoms with Gasteiger partial charge < -0.3 is 4.57 Å². The highest BCUT2D eigenvalue weighted by Gasteiger charge is 2.23. The van der Waals surface area contributed by atoms with Gasteiger partial charge in [0.25, 0.3) is 0 Å². The van der Waals surface area contributed by atoms with Crippen molar-refractivity contribution < 1.29 is 13.7 Å². The van der Waals surface area contributed by atoms with E-state index in [2.05, 4.69) is 0 Å². The summed E-state index contributed by atoms with van der Waals surface area (Å²) in [5, 5.41) is -0.0459. The molecule has 11 aromatic rings. The molecule has 5 heteroatoms. The van der Waals surface area contributed by atoms with Crippen LogP contribution in [0, 0.1) is 0 Å². The predicted molar refractivity (Wildman–Crippen MR) is 230 cm³/mol. The van der Waals surface area contributed by atoms with Crippen LogP contribution in [0.5, 0.6) is 0 Å². The molecule has 0 radical (unpaired) electrons. The maximum atomic E-state index is 9.70. The third kappa shape index (κ3) is 5.21. The van der Waals surface area contributed by atoms with Crippen LogP contribution in [-0.4, -0.2) is 24.1 Å². The molecule has 0 N–H and O–H groups in total. The van der Waals surface area contributed by atoms with E-state index in [0.717, 1.165) is 22.3 Å². The molecule has 5 nitrogen and oxygen atoms in total. The van der Waals surface area contributed by atoms with E-state index in [0.29, 0.717) is 16.8 Å². The Hall–Kier alpha value is -7.63. The summed E-state index contributed by atoms with van der Waals surface area (Å²) < 4.78 is 95.5. The number of rotatable bonds is 6. The molecular formula is C51H33N5. The van der Waals surface area contributed by atoms with Crippen molar-refractivity contribution in [2.45, 2.75) is 0 Å². The standard InChI is InChI=1S/C51H33N5/c1-4-15-34(16-5-1)35-27-29-36(30-28-35)39-21-14-22-40(33-39)55-45-25-12-10-23-41(45)43-31-32-44-42-24-11-13-26-46(42)56(48(44)47(43)55)51-53-49(37-17-6-2-7-18-37)52-50(54-51)38-19-8-3-9-20-38/h1-33H/i10D,11D,12D,13D,23D,24D,25D,26D,31D,32D. The van der Waals surface area contributed by atoms with Crippen molar-refractivity contribution in [3.05, 3.63) is 200 Å². The van der Waals surface area contributed by atoms with Gasteiger partial charge in [-0.1, -0.05) is 176 Å². The van der Waals surface area contributed by atoms with Gasteiger partial charge in [-0.2, -0.15) is 9.97 Å². The quantitative estimate of drug-likeness (QED) is 0.171. The summed E-state index contributed by atoms with van der Waals surface area (Å²) in [6.45, 7) is 0. The highest BCUT2D eigenvalue weighted by atomic mass is 15.2. The fourth-order valence-electron chi connectivity index (χ4n) is 7.48. The van der Waals surface area contributed by atoms with E-state index in [1.165, 1.54) is 4.57 Å². The zero-order valence-corrected chi connectivity index (χ0v) is 29.5. The van der Waals surface area contributed by atoms with Gasteiger partial charge in [-0.25, -0.2) is 4.98 Å². The van der Waals surface area contributed by atoms with Crippen LogP contribution in [0.15, 0.2) is 200 Å². The Morgan fingerprint density at radius 2 is 0.804 bits per heavy atom. The van der Waals surface area contributed by atoms with E-state index in [9.17, 15) is 8.22 Å². The summed E-state index contributed by atoms with van der Waals surface area (Å²) >= 11 is 0. The van der Waals surface area contributed by atoms with Crippen molar-refractivity contribution in [1.29, 1.82) is 0 Å². The molecule has 0 spiro atoms. The molecule has 3 aromatic heterocycles. The molecule has 56 heavy (non-hydrogen) atoms. The maximum Gasteiger partial charge on any atom is 0.238 e. The summed E-state index contributed by atoms with van der Waals surface area (Å²) in [5.74, 6) is 0.441. The molecule has 0 saturated carbocycles. The fourth-order valence-corrected chi connectivity index (χ4v) is 7.48. The van der Waals surface area contributed by atoms with Gasteiger partial charge in [0, 0.05) is 38.4 Å². The summed E-state index contributed by atoms with van der Waals surface area (Å²) in [7, 11) is 0. The van der Waals surface area contributed by atoms with E-state index in [1.54, 1.807) is 10.6 Å². The second-order valence-corrected chi connectivity index (χ2v) is 13.3. The van der Waals surface area contributed by atoms with Gasteiger partial charge in [0.1, 0.15) is 0 Å². The van der Waals surface area contributed by atoms with E-state index >= 15 is 0 Å². The molecule has 0 atom stereocenters. The second-order valence-electron chi connectivity index (χ2n) is 13.3. The van der Waals surface area contributed by atoms with E-state index in [1.807, 2.05) is 133 Å². The number of benzene rings is 8. The van der Waals surface area contributed by atoms with Gasteiger partial charge in [-0.15, -0.1) is 0 Å². The van der Waals surface area contributed by atoms with Gasteiger partial charge in [-0.05, 0) is 46.5 Å². The summed E-state index contributed by atoms with van der Waals surface area (Å²) in [4.78, 5) is 14.8. The number of hydrogen-bond donors (Lipinski definition) is 0. The minimum Gasteiger partial charge on any atom is -0.307 e. The molecule has 0 amide bonds. The molecule has 0 aliphatic rings. The van der Waals surface area contributed by atoms with Gasteiger partial charge in [-0.3, -0.25) is 4.57 Å². The first-order chi connectivity index (χ1) is 31.9.